The Balaban J connectivity index is 1.86. The highest BCUT2D eigenvalue weighted by molar-refractivity contribution is 6.27. The molecule has 3 nitrogen and oxygen atoms in total. The third-order valence-corrected chi connectivity index (χ3v) is 4.42. The molecule has 1 aliphatic rings. The van der Waals surface area contributed by atoms with Gasteiger partial charge in [0.05, 0.1) is 11.3 Å². The first kappa shape index (κ1) is 17.3. The first-order chi connectivity index (χ1) is 12.0. The molecular formula is C21H19ClO3. The fourth-order valence-electron chi connectivity index (χ4n) is 2.91. The lowest BCUT2D eigenvalue weighted by atomic mass is 9.86. The van der Waals surface area contributed by atoms with Crippen LogP contribution in [-0.2, 0) is 16.1 Å². The fraction of sp³-hybridized carbons (Fsp3) is 0.190. The van der Waals surface area contributed by atoms with Gasteiger partial charge in [0.25, 0.3) is 0 Å². The highest BCUT2D eigenvalue weighted by Gasteiger charge is 2.33. The van der Waals surface area contributed by atoms with E-state index in [1.807, 2.05) is 66.7 Å². The molecule has 0 bridgehead atoms. The Kier molecular flexibility index (Phi) is 5.25. The van der Waals surface area contributed by atoms with Crippen molar-refractivity contribution in [2.75, 3.05) is 0 Å². The molecule has 0 radical (unpaired) electrons. The van der Waals surface area contributed by atoms with Crippen molar-refractivity contribution in [3.8, 4) is 0 Å². The van der Waals surface area contributed by atoms with Gasteiger partial charge >= 0.3 is 5.97 Å². The van der Waals surface area contributed by atoms with Gasteiger partial charge < -0.3 is 9.84 Å². The molecule has 1 atom stereocenters. The second-order valence-electron chi connectivity index (χ2n) is 6.14. The number of hydrogen-bond donors (Lipinski definition) is 1. The summed E-state index contributed by atoms with van der Waals surface area (Å²) in [7, 11) is 0. The minimum absolute atomic E-state index is 0.156. The quantitative estimate of drug-likeness (QED) is 0.740. The number of ether oxygens (including phenoxy) is 1. The number of allylic oxidation sites excluding steroid dienone is 3. The van der Waals surface area contributed by atoms with Crippen molar-refractivity contribution in [3.05, 3.63) is 89.7 Å². The van der Waals surface area contributed by atoms with Crippen LogP contribution in [0.4, 0.5) is 0 Å². The van der Waals surface area contributed by atoms with Gasteiger partial charge in [0.2, 0.25) is 0 Å². The molecule has 0 spiro atoms. The van der Waals surface area contributed by atoms with E-state index in [1.165, 1.54) is 0 Å². The molecule has 128 valence electrons. The number of carbonyl (C=O) groups is 1. The van der Waals surface area contributed by atoms with Crippen molar-refractivity contribution in [1.29, 1.82) is 0 Å². The first-order valence-electron chi connectivity index (χ1n) is 8.10. The molecule has 0 saturated heterocycles. The predicted molar refractivity (Wildman–Crippen MR) is 99.2 cm³/mol. The first-order valence-corrected chi connectivity index (χ1v) is 8.48. The van der Waals surface area contributed by atoms with Crippen molar-refractivity contribution in [3.63, 3.8) is 0 Å². The molecule has 1 aliphatic carbocycles. The Morgan fingerprint density at radius 1 is 1.08 bits per heavy atom. The summed E-state index contributed by atoms with van der Waals surface area (Å²) in [6.45, 7) is 0.408. The summed E-state index contributed by atoms with van der Waals surface area (Å²) in [5, 5.41) is 9.21. The third kappa shape index (κ3) is 4.74. The van der Waals surface area contributed by atoms with E-state index in [9.17, 15) is 9.90 Å². The summed E-state index contributed by atoms with van der Waals surface area (Å²) >= 11 is 6.61. The zero-order valence-electron chi connectivity index (χ0n) is 13.7. The van der Waals surface area contributed by atoms with E-state index in [4.69, 9.17) is 16.3 Å². The van der Waals surface area contributed by atoms with Crippen LogP contribution in [0.15, 0.2) is 78.6 Å². The van der Waals surface area contributed by atoms with E-state index in [2.05, 4.69) is 0 Å². The molecule has 3 rings (SSSR count). The van der Waals surface area contributed by atoms with Gasteiger partial charge in [-0.2, -0.15) is 0 Å². The number of rotatable bonds is 6. The highest BCUT2D eigenvalue weighted by atomic mass is 35.5. The molecule has 1 unspecified atom stereocenters. The Hall–Kier alpha value is -2.52. The van der Waals surface area contributed by atoms with Crippen LogP contribution in [-0.4, -0.2) is 16.0 Å². The monoisotopic (exact) mass is 354 g/mol. The second-order valence-corrected chi connectivity index (χ2v) is 6.89. The Labute approximate surface area is 152 Å². The molecule has 1 N–H and O–H groups in total. The number of alkyl halides is 1. The minimum Gasteiger partial charge on any atom is -0.489 e. The normalized spacial score (nSPS) is 19.7. The summed E-state index contributed by atoms with van der Waals surface area (Å²) in [5.74, 6) is -0.326. The number of carboxylic acids is 1. The van der Waals surface area contributed by atoms with Crippen molar-refractivity contribution >= 4 is 23.1 Å². The zero-order chi connectivity index (χ0) is 17.7. The highest BCUT2D eigenvalue weighted by Crippen LogP contribution is 2.39. The van der Waals surface area contributed by atoms with E-state index in [0.29, 0.717) is 18.8 Å². The molecule has 0 amide bonds. The Bertz CT molecular complexity index is 796. The molecule has 0 fully saturated rings. The fourth-order valence-corrected chi connectivity index (χ4v) is 3.28. The number of carboxylic acid groups (broad SMARTS) is 1. The summed E-state index contributed by atoms with van der Waals surface area (Å²) in [4.78, 5) is 10.2. The van der Waals surface area contributed by atoms with E-state index < -0.39 is 10.8 Å². The largest absolute Gasteiger partial charge is 0.489 e. The lowest BCUT2D eigenvalue weighted by Gasteiger charge is -2.28. The molecular weight excluding hydrogens is 336 g/mol. The van der Waals surface area contributed by atoms with Gasteiger partial charge in [-0.25, -0.2) is 0 Å². The lowest BCUT2D eigenvalue weighted by Crippen LogP contribution is -2.26. The maximum absolute atomic E-state index is 11.2. The van der Waals surface area contributed by atoms with Gasteiger partial charge in [-0.05, 0) is 35.3 Å². The molecule has 0 aliphatic heterocycles. The van der Waals surface area contributed by atoms with Crippen molar-refractivity contribution in [2.24, 2.45) is 0 Å². The molecule has 2 aromatic carbocycles. The van der Waals surface area contributed by atoms with Gasteiger partial charge in [0.15, 0.2) is 0 Å². The SMILES string of the molecule is O=C(O)CC1(Cl)C=C(OCc2ccccc2)C=C(c2ccccc2)C1. The number of halogens is 1. The Morgan fingerprint density at radius 3 is 2.36 bits per heavy atom. The predicted octanol–water partition coefficient (Wildman–Crippen LogP) is 5.03. The molecule has 0 aromatic heterocycles. The topological polar surface area (TPSA) is 46.5 Å². The van der Waals surface area contributed by atoms with Crippen LogP contribution >= 0.6 is 11.6 Å². The van der Waals surface area contributed by atoms with Crippen LogP contribution in [0.25, 0.3) is 5.57 Å². The zero-order valence-corrected chi connectivity index (χ0v) is 14.4. The van der Waals surface area contributed by atoms with Gasteiger partial charge in [0.1, 0.15) is 12.4 Å². The smallest absolute Gasteiger partial charge is 0.305 e. The second kappa shape index (κ2) is 7.58. The minimum atomic E-state index is -0.988. The van der Waals surface area contributed by atoms with Crippen LogP contribution in [0, 0.1) is 0 Å². The molecule has 0 saturated carbocycles. The Morgan fingerprint density at radius 2 is 1.72 bits per heavy atom. The van der Waals surface area contributed by atoms with Gasteiger partial charge in [-0.1, -0.05) is 60.7 Å². The number of hydrogen-bond acceptors (Lipinski definition) is 2. The van der Waals surface area contributed by atoms with Crippen LogP contribution in [0.2, 0.25) is 0 Å². The third-order valence-electron chi connectivity index (χ3n) is 4.04. The molecule has 2 aromatic rings. The van der Waals surface area contributed by atoms with Crippen LogP contribution in [0.5, 0.6) is 0 Å². The molecule has 25 heavy (non-hydrogen) atoms. The van der Waals surface area contributed by atoms with Gasteiger partial charge in [-0.15, -0.1) is 11.6 Å². The lowest BCUT2D eigenvalue weighted by molar-refractivity contribution is -0.137. The van der Waals surface area contributed by atoms with E-state index in [0.717, 1.165) is 16.7 Å². The van der Waals surface area contributed by atoms with E-state index in [-0.39, 0.29) is 6.42 Å². The van der Waals surface area contributed by atoms with Gasteiger partial charge in [0, 0.05) is 0 Å². The van der Waals surface area contributed by atoms with E-state index in [1.54, 1.807) is 6.08 Å². The van der Waals surface area contributed by atoms with Gasteiger partial charge in [-0.3, -0.25) is 4.79 Å². The van der Waals surface area contributed by atoms with Crippen LogP contribution < -0.4 is 0 Å². The summed E-state index contributed by atoms with van der Waals surface area (Å²) in [6, 6.07) is 19.7. The van der Waals surface area contributed by atoms with E-state index >= 15 is 0 Å². The van der Waals surface area contributed by atoms with Crippen molar-refractivity contribution in [2.45, 2.75) is 24.3 Å². The summed E-state index contributed by atoms with van der Waals surface area (Å²) < 4.78 is 5.91. The molecule has 0 heterocycles. The van der Waals surface area contributed by atoms with Crippen LogP contribution in [0.3, 0.4) is 0 Å². The standard InChI is InChI=1S/C21H19ClO3/c22-21(14-20(23)24)12-18(17-9-5-2-6-10-17)11-19(13-21)25-15-16-7-3-1-4-8-16/h1-11,13H,12,14-15H2,(H,23,24). The number of aliphatic carboxylic acids is 1. The average molecular weight is 355 g/mol. The average Bonchev–Trinajstić information content (AvgIpc) is 2.60. The molecule has 4 heteroatoms. The van der Waals surface area contributed by atoms with Crippen molar-refractivity contribution < 1.29 is 14.6 Å². The van der Waals surface area contributed by atoms with Crippen LogP contribution in [0.1, 0.15) is 24.0 Å². The number of benzene rings is 2. The maximum Gasteiger partial charge on any atom is 0.305 e. The maximum atomic E-state index is 11.2. The summed E-state index contributed by atoms with van der Waals surface area (Å²) in [6.07, 6.45) is 3.96. The summed E-state index contributed by atoms with van der Waals surface area (Å²) in [5.41, 5.74) is 3.04. The van der Waals surface area contributed by atoms with Crippen molar-refractivity contribution in [1.82, 2.24) is 0 Å².